The van der Waals surface area contributed by atoms with Crippen LogP contribution in [-0.4, -0.2) is 30.3 Å². The maximum atomic E-state index is 12.0. The number of carbonyl (C=O) groups excluding carboxylic acids is 2. The second-order valence-corrected chi connectivity index (χ2v) is 5.83. The van der Waals surface area contributed by atoms with Crippen molar-refractivity contribution in [2.75, 3.05) is 18.9 Å². The molecule has 0 aliphatic heterocycles. The molecule has 0 aliphatic carbocycles. The summed E-state index contributed by atoms with van der Waals surface area (Å²) in [5.74, 6) is -0.321. The average Bonchev–Trinajstić information content (AvgIpc) is 2.94. The van der Waals surface area contributed by atoms with Gasteiger partial charge in [0.1, 0.15) is 0 Å². The summed E-state index contributed by atoms with van der Waals surface area (Å²) >= 11 is 7.33. The van der Waals surface area contributed by atoms with Gasteiger partial charge in [-0.2, -0.15) is 11.3 Å². The van der Waals surface area contributed by atoms with Crippen molar-refractivity contribution in [3.8, 4) is 0 Å². The molecule has 0 unspecified atom stereocenters. The molecule has 0 spiro atoms. The van der Waals surface area contributed by atoms with E-state index in [0.29, 0.717) is 17.1 Å². The summed E-state index contributed by atoms with van der Waals surface area (Å²) in [6.45, 7) is 0.0194. The smallest absolute Gasteiger partial charge is 0.243 e. The first-order valence-electron chi connectivity index (χ1n) is 6.35. The van der Waals surface area contributed by atoms with Crippen LogP contribution in [0.2, 0.25) is 5.02 Å². The first-order chi connectivity index (χ1) is 10.0. The molecular formula is C15H15ClN2O2S. The number of benzene rings is 1. The maximum absolute atomic E-state index is 12.0. The summed E-state index contributed by atoms with van der Waals surface area (Å²) in [7, 11) is 1.62. The van der Waals surface area contributed by atoms with E-state index < -0.39 is 0 Å². The highest BCUT2D eigenvalue weighted by molar-refractivity contribution is 7.08. The van der Waals surface area contributed by atoms with Crippen LogP contribution >= 0.6 is 22.9 Å². The van der Waals surface area contributed by atoms with Gasteiger partial charge in [0.2, 0.25) is 11.8 Å². The number of nitrogens with one attached hydrogen (secondary N) is 1. The normalized spacial score (nSPS) is 10.2. The van der Waals surface area contributed by atoms with Gasteiger partial charge in [0.05, 0.1) is 13.0 Å². The fourth-order valence-electron chi connectivity index (χ4n) is 1.74. The van der Waals surface area contributed by atoms with E-state index in [-0.39, 0.29) is 18.4 Å². The molecule has 0 saturated carbocycles. The molecule has 1 aromatic heterocycles. The van der Waals surface area contributed by atoms with E-state index in [0.717, 1.165) is 5.56 Å². The predicted molar refractivity (Wildman–Crippen MR) is 85.7 cm³/mol. The lowest BCUT2D eigenvalue weighted by Gasteiger charge is -2.16. The van der Waals surface area contributed by atoms with E-state index in [1.54, 1.807) is 42.6 Å². The molecule has 1 N–H and O–H groups in total. The number of nitrogens with zero attached hydrogens (tertiary/aromatic N) is 1. The van der Waals surface area contributed by atoms with Crippen LogP contribution in [0, 0.1) is 0 Å². The monoisotopic (exact) mass is 322 g/mol. The van der Waals surface area contributed by atoms with Crippen molar-refractivity contribution < 1.29 is 9.59 Å². The summed E-state index contributed by atoms with van der Waals surface area (Å²) < 4.78 is 0. The van der Waals surface area contributed by atoms with Crippen molar-refractivity contribution in [2.24, 2.45) is 0 Å². The Morgan fingerprint density at radius 3 is 2.57 bits per heavy atom. The van der Waals surface area contributed by atoms with Crippen molar-refractivity contribution in [2.45, 2.75) is 6.42 Å². The molecule has 1 heterocycles. The molecule has 2 rings (SSSR count). The second kappa shape index (κ2) is 7.24. The minimum absolute atomic E-state index is 0.0194. The van der Waals surface area contributed by atoms with Gasteiger partial charge in [0.25, 0.3) is 0 Å². The van der Waals surface area contributed by atoms with Crippen LogP contribution < -0.4 is 5.32 Å². The van der Waals surface area contributed by atoms with Gasteiger partial charge in [0, 0.05) is 17.8 Å². The number of carbonyl (C=O) groups is 2. The summed E-state index contributed by atoms with van der Waals surface area (Å²) in [5, 5.41) is 7.19. The Kier molecular flexibility index (Phi) is 5.36. The Balaban J connectivity index is 1.84. The number of halogens is 1. The fraction of sp³-hybridized carbons (Fsp3) is 0.200. The van der Waals surface area contributed by atoms with Gasteiger partial charge in [-0.05, 0) is 46.7 Å². The molecule has 21 heavy (non-hydrogen) atoms. The Morgan fingerprint density at radius 2 is 1.95 bits per heavy atom. The van der Waals surface area contributed by atoms with Crippen LogP contribution in [0.25, 0.3) is 0 Å². The number of hydrogen-bond donors (Lipinski definition) is 1. The van der Waals surface area contributed by atoms with Crippen LogP contribution in [0.1, 0.15) is 5.56 Å². The van der Waals surface area contributed by atoms with E-state index in [1.165, 1.54) is 4.90 Å². The Labute approximate surface area is 132 Å². The molecule has 0 aliphatic rings. The highest BCUT2D eigenvalue weighted by Gasteiger charge is 2.13. The van der Waals surface area contributed by atoms with Gasteiger partial charge in [-0.25, -0.2) is 0 Å². The van der Waals surface area contributed by atoms with Crippen LogP contribution in [-0.2, 0) is 16.0 Å². The Bertz CT molecular complexity index is 611. The van der Waals surface area contributed by atoms with Crippen molar-refractivity contribution >= 4 is 40.4 Å². The van der Waals surface area contributed by atoms with Gasteiger partial charge in [-0.3, -0.25) is 9.59 Å². The van der Waals surface area contributed by atoms with Crippen LogP contribution in [0.4, 0.5) is 5.69 Å². The zero-order chi connectivity index (χ0) is 15.2. The number of rotatable bonds is 5. The minimum Gasteiger partial charge on any atom is -0.336 e. The molecule has 6 heteroatoms. The van der Waals surface area contributed by atoms with Crippen LogP contribution in [0.3, 0.4) is 0 Å². The Morgan fingerprint density at radius 1 is 1.24 bits per heavy atom. The van der Waals surface area contributed by atoms with Crippen LogP contribution in [0.5, 0.6) is 0 Å². The van der Waals surface area contributed by atoms with Gasteiger partial charge in [-0.15, -0.1) is 0 Å². The van der Waals surface area contributed by atoms with Crippen LogP contribution in [0.15, 0.2) is 41.1 Å². The number of anilines is 1. The third-order valence-corrected chi connectivity index (χ3v) is 3.85. The van der Waals surface area contributed by atoms with Gasteiger partial charge in [0.15, 0.2) is 0 Å². The SMILES string of the molecule is CN(CC(=O)Nc1ccc(Cl)cc1)C(=O)Cc1ccsc1. The maximum Gasteiger partial charge on any atom is 0.243 e. The third-order valence-electron chi connectivity index (χ3n) is 2.87. The Hall–Kier alpha value is -1.85. The molecule has 0 atom stereocenters. The topological polar surface area (TPSA) is 49.4 Å². The molecule has 4 nitrogen and oxygen atoms in total. The molecule has 2 amide bonds. The van der Waals surface area contributed by atoms with Gasteiger partial charge >= 0.3 is 0 Å². The summed E-state index contributed by atoms with van der Waals surface area (Å²) in [5.41, 5.74) is 1.62. The fourth-order valence-corrected chi connectivity index (χ4v) is 2.53. The minimum atomic E-state index is -0.238. The number of likely N-dealkylation sites (N-methyl/N-ethyl adjacent to an activating group) is 1. The summed E-state index contributed by atoms with van der Waals surface area (Å²) in [6, 6.07) is 8.73. The van der Waals surface area contributed by atoms with E-state index in [9.17, 15) is 9.59 Å². The van der Waals surface area contributed by atoms with E-state index in [4.69, 9.17) is 11.6 Å². The zero-order valence-electron chi connectivity index (χ0n) is 11.5. The molecule has 0 fully saturated rings. The van der Waals surface area contributed by atoms with E-state index in [2.05, 4.69) is 5.32 Å². The zero-order valence-corrected chi connectivity index (χ0v) is 13.1. The van der Waals surface area contributed by atoms with E-state index >= 15 is 0 Å². The highest BCUT2D eigenvalue weighted by Crippen LogP contribution is 2.13. The van der Waals surface area contributed by atoms with Crippen molar-refractivity contribution in [1.29, 1.82) is 0 Å². The molecule has 0 bridgehead atoms. The second-order valence-electron chi connectivity index (χ2n) is 4.61. The molecule has 110 valence electrons. The van der Waals surface area contributed by atoms with Gasteiger partial charge < -0.3 is 10.2 Å². The summed E-state index contributed by atoms with van der Waals surface area (Å²) in [6.07, 6.45) is 0.314. The van der Waals surface area contributed by atoms with E-state index in [1.807, 2.05) is 16.8 Å². The molecule has 1 aromatic carbocycles. The quantitative estimate of drug-likeness (QED) is 0.919. The summed E-state index contributed by atoms with van der Waals surface area (Å²) in [4.78, 5) is 25.3. The average molecular weight is 323 g/mol. The molecular weight excluding hydrogens is 308 g/mol. The standard InChI is InChI=1S/C15H15ClN2O2S/c1-18(15(20)8-11-6-7-21-10-11)9-14(19)17-13-4-2-12(16)3-5-13/h2-7,10H,8-9H2,1H3,(H,17,19). The lowest BCUT2D eigenvalue weighted by Crippen LogP contribution is -2.35. The molecule has 2 aromatic rings. The van der Waals surface area contributed by atoms with Gasteiger partial charge in [-0.1, -0.05) is 11.6 Å². The lowest BCUT2D eigenvalue weighted by atomic mass is 10.2. The lowest BCUT2D eigenvalue weighted by molar-refractivity contribution is -0.132. The molecule has 0 saturated heterocycles. The number of hydrogen-bond acceptors (Lipinski definition) is 3. The first kappa shape index (κ1) is 15.5. The molecule has 0 radical (unpaired) electrons. The van der Waals surface area contributed by atoms with Crippen molar-refractivity contribution in [3.05, 3.63) is 51.7 Å². The number of amides is 2. The number of thiophene rings is 1. The largest absolute Gasteiger partial charge is 0.336 e. The predicted octanol–water partition coefficient (Wildman–Crippen LogP) is 3.04. The van der Waals surface area contributed by atoms with Crippen molar-refractivity contribution in [1.82, 2.24) is 4.90 Å². The highest BCUT2D eigenvalue weighted by atomic mass is 35.5. The first-order valence-corrected chi connectivity index (χ1v) is 7.67. The third kappa shape index (κ3) is 4.88. The van der Waals surface area contributed by atoms with Crippen molar-refractivity contribution in [3.63, 3.8) is 0 Å².